The number of amides is 1. The van der Waals surface area contributed by atoms with Crippen molar-refractivity contribution in [2.45, 2.75) is 52.4 Å². The van der Waals surface area contributed by atoms with E-state index >= 15 is 0 Å². The van der Waals surface area contributed by atoms with Crippen LogP contribution in [0.2, 0.25) is 0 Å². The molecule has 162 valence electrons. The van der Waals surface area contributed by atoms with E-state index in [0.717, 1.165) is 41.9 Å². The van der Waals surface area contributed by atoms with Crippen molar-refractivity contribution in [1.82, 2.24) is 9.78 Å². The Morgan fingerprint density at radius 2 is 1.94 bits per heavy atom. The van der Waals surface area contributed by atoms with Crippen molar-refractivity contribution in [3.8, 4) is 5.75 Å². The lowest BCUT2D eigenvalue weighted by Gasteiger charge is -2.14. The highest BCUT2D eigenvalue weighted by molar-refractivity contribution is 7.17. The quantitative estimate of drug-likeness (QED) is 0.541. The maximum absolute atomic E-state index is 12.8. The summed E-state index contributed by atoms with van der Waals surface area (Å²) in [6, 6.07) is 11.0. The van der Waals surface area contributed by atoms with Crippen molar-refractivity contribution in [2.75, 3.05) is 5.32 Å². The van der Waals surface area contributed by atoms with E-state index in [1.165, 1.54) is 11.3 Å². The zero-order chi connectivity index (χ0) is 21.8. The van der Waals surface area contributed by atoms with Crippen LogP contribution >= 0.6 is 11.3 Å². The van der Waals surface area contributed by atoms with Gasteiger partial charge < -0.3 is 14.8 Å². The largest absolute Gasteiger partial charge is 0.471 e. The molecule has 8 heteroatoms. The molecular formula is C23H25N3O4S. The van der Waals surface area contributed by atoms with E-state index in [4.69, 9.17) is 9.47 Å². The van der Waals surface area contributed by atoms with Crippen LogP contribution in [0, 0.1) is 0 Å². The second kappa shape index (κ2) is 9.34. The zero-order valence-corrected chi connectivity index (χ0v) is 18.4. The average molecular weight is 440 g/mol. The number of carbonyl (C=O) groups excluding carboxylic acids is 2. The van der Waals surface area contributed by atoms with Gasteiger partial charge in [0, 0.05) is 11.1 Å². The summed E-state index contributed by atoms with van der Waals surface area (Å²) in [5.41, 5.74) is 1.76. The minimum atomic E-state index is -0.383. The molecule has 1 amide bonds. The first kappa shape index (κ1) is 21.1. The number of para-hydroxylation sites is 1. The zero-order valence-electron chi connectivity index (χ0n) is 17.6. The summed E-state index contributed by atoms with van der Waals surface area (Å²) in [6.45, 7) is 3.83. The number of nitrogens with zero attached hydrogens (tertiary/aromatic N) is 2. The Morgan fingerprint density at radius 3 is 2.71 bits per heavy atom. The fourth-order valence-electron chi connectivity index (χ4n) is 3.52. The van der Waals surface area contributed by atoms with Gasteiger partial charge in [-0.25, -0.2) is 9.48 Å². The molecule has 2 aromatic heterocycles. The molecule has 0 atom stereocenters. The molecular weight excluding hydrogens is 414 g/mol. The molecule has 7 nitrogen and oxygen atoms in total. The minimum Gasteiger partial charge on any atom is -0.471 e. The molecule has 1 aliphatic carbocycles. The molecule has 0 fully saturated rings. The van der Waals surface area contributed by atoms with E-state index in [2.05, 4.69) is 10.4 Å². The number of anilines is 1. The van der Waals surface area contributed by atoms with E-state index in [9.17, 15) is 9.59 Å². The van der Waals surface area contributed by atoms with Gasteiger partial charge in [-0.15, -0.1) is 11.3 Å². The fraction of sp³-hybridized carbons (Fsp3) is 0.348. The number of benzene rings is 1. The summed E-state index contributed by atoms with van der Waals surface area (Å²) in [5.74, 6) is -0.0244. The second-order valence-electron chi connectivity index (χ2n) is 7.65. The van der Waals surface area contributed by atoms with Gasteiger partial charge >= 0.3 is 5.97 Å². The van der Waals surface area contributed by atoms with Gasteiger partial charge in [-0.2, -0.15) is 5.10 Å². The molecule has 0 spiro atoms. The van der Waals surface area contributed by atoms with Crippen molar-refractivity contribution in [1.29, 1.82) is 0 Å². The standard InChI is InChI=1S/C23H25N3O4S/c1-15(2)30-23(28)20-17-10-6-7-11-19(17)31-22(20)24-21(27)18-12-13-26(25-18)14-29-16-8-4-3-5-9-16/h3-5,8-9,12-13,15H,6-7,10-11,14H2,1-2H3,(H,24,27). The number of esters is 1. The normalized spacial score (nSPS) is 13.0. The predicted molar refractivity (Wildman–Crippen MR) is 119 cm³/mol. The first-order chi connectivity index (χ1) is 15.0. The third kappa shape index (κ3) is 4.96. The second-order valence-corrected chi connectivity index (χ2v) is 8.76. The van der Waals surface area contributed by atoms with E-state index in [-0.39, 0.29) is 30.4 Å². The van der Waals surface area contributed by atoms with Crippen molar-refractivity contribution in [2.24, 2.45) is 0 Å². The number of rotatable bonds is 7. The molecule has 0 radical (unpaired) electrons. The number of nitrogens with one attached hydrogen (secondary N) is 1. The number of hydrogen-bond acceptors (Lipinski definition) is 6. The van der Waals surface area contributed by atoms with Gasteiger partial charge in [-0.3, -0.25) is 4.79 Å². The Kier molecular flexibility index (Phi) is 6.36. The number of carbonyl (C=O) groups is 2. The van der Waals surface area contributed by atoms with Crippen LogP contribution < -0.4 is 10.1 Å². The lowest BCUT2D eigenvalue weighted by atomic mass is 9.95. The molecule has 0 saturated carbocycles. The molecule has 31 heavy (non-hydrogen) atoms. The van der Waals surface area contributed by atoms with Crippen LogP contribution in [0.1, 0.15) is 58.0 Å². The van der Waals surface area contributed by atoms with Gasteiger partial charge in [-0.05, 0) is 63.3 Å². The van der Waals surface area contributed by atoms with E-state index < -0.39 is 0 Å². The molecule has 1 aromatic carbocycles. The number of aromatic nitrogens is 2. The van der Waals surface area contributed by atoms with Crippen molar-refractivity contribution >= 4 is 28.2 Å². The molecule has 1 N–H and O–H groups in total. The minimum absolute atomic E-state index is 0.191. The van der Waals surface area contributed by atoms with Gasteiger partial charge in [0.2, 0.25) is 0 Å². The summed E-state index contributed by atoms with van der Waals surface area (Å²) in [4.78, 5) is 26.7. The molecule has 0 unspecified atom stereocenters. The molecule has 4 rings (SSSR count). The van der Waals surface area contributed by atoms with Gasteiger partial charge in [0.15, 0.2) is 12.4 Å². The van der Waals surface area contributed by atoms with Gasteiger partial charge in [0.05, 0.1) is 11.7 Å². The molecule has 0 bridgehead atoms. The van der Waals surface area contributed by atoms with Gasteiger partial charge in [0.25, 0.3) is 5.91 Å². The summed E-state index contributed by atoms with van der Waals surface area (Å²) in [5, 5.41) is 7.72. The first-order valence-corrected chi connectivity index (χ1v) is 11.2. The summed E-state index contributed by atoms with van der Waals surface area (Å²) in [6.07, 6.45) is 5.33. The number of fused-ring (bicyclic) bond motifs is 1. The molecule has 1 aliphatic rings. The van der Waals surface area contributed by atoms with Crippen LogP contribution in [-0.4, -0.2) is 27.8 Å². The van der Waals surface area contributed by atoms with Crippen LogP contribution in [0.15, 0.2) is 42.6 Å². The van der Waals surface area contributed by atoms with E-state index in [1.54, 1.807) is 16.9 Å². The average Bonchev–Trinajstić information content (AvgIpc) is 3.37. The van der Waals surface area contributed by atoms with E-state index in [1.807, 2.05) is 44.2 Å². The Labute approximate surface area is 185 Å². The van der Waals surface area contributed by atoms with Gasteiger partial charge in [0.1, 0.15) is 10.8 Å². The lowest BCUT2D eigenvalue weighted by Crippen LogP contribution is -2.18. The fourth-order valence-corrected chi connectivity index (χ4v) is 4.79. The molecule has 0 saturated heterocycles. The molecule has 2 heterocycles. The topological polar surface area (TPSA) is 82.5 Å². The third-order valence-corrected chi connectivity index (χ3v) is 6.13. The van der Waals surface area contributed by atoms with Crippen LogP contribution in [0.5, 0.6) is 5.75 Å². The maximum atomic E-state index is 12.8. The van der Waals surface area contributed by atoms with Crippen molar-refractivity contribution in [3.05, 3.63) is 64.3 Å². The molecule has 3 aromatic rings. The van der Waals surface area contributed by atoms with E-state index in [0.29, 0.717) is 10.6 Å². The van der Waals surface area contributed by atoms with Crippen LogP contribution in [0.3, 0.4) is 0 Å². The van der Waals surface area contributed by atoms with Crippen LogP contribution in [0.4, 0.5) is 5.00 Å². The Morgan fingerprint density at radius 1 is 1.16 bits per heavy atom. The number of thiophene rings is 1. The van der Waals surface area contributed by atoms with Gasteiger partial charge in [-0.1, -0.05) is 18.2 Å². The Hall–Kier alpha value is -3.13. The number of ether oxygens (including phenoxy) is 2. The SMILES string of the molecule is CC(C)OC(=O)c1c(NC(=O)c2ccn(COc3ccccc3)n2)sc2c1CCCC2. The van der Waals surface area contributed by atoms with Crippen molar-refractivity contribution in [3.63, 3.8) is 0 Å². The highest BCUT2D eigenvalue weighted by atomic mass is 32.1. The third-order valence-electron chi connectivity index (χ3n) is 4.93. The van der Waals surface area contributed by atoms with Crippen molar-refractivity contribution < 1.29 is 19.1 Å². The summed E-state index contributed by atoms with van der Waals surface area (Å²) >= 11 is 1.46. The molecule has 0 aliphatic heterocycles. The highest BCUT2D eigenvalue weighted by Gasteiger charge is 2.28. The number of aryl methyl sites for hydroxylation is 1. The number of hydrogen-bond donors (Lipinski definition) is 1. The van der Waals surface area contributed by atoms with Crippen LogP contribution in [-0.2, 0) is 24.3 Å². The summed E-state index contributed by atoms with van der Waals surface area (Å²) in [7, 11) is 0. The Bertz CT molecular complexity index is 1070. The Balaban J connectivity index is 1.49. The monoisotopic (exact) mass is 439 g/mol. The predicted octanol–water partition coefficient (Wildman–Crippen LogP) is 4.68. The summed E-state index contributed by atoms with van der Waals surface area (Å²) < 4.78 is 12.7. The smallest absolute Gasteiger partial charge is 0.341 e. The van der Waals surface area contributed by atoms with Crippen LogP contribution in [0.25, 0.3) is 0 Å². The lowest BCUT2D eigenvalue weighted by molar-refractivity contribution is 0.0378. The highest BCUT2D eigenvalue weighted by Crippen LogP contribution is 2.39. The first-order valence-electron chi connectivity index (χ1n) is 10.4. The maximum Gasteiger partial charge on any atom is 0.341 e.